The number of aliphatic imine (C=N–C) groups is 1. The molecule has 0 amide bonds. The third kappa shape index (κ3) is 3.15. The Hall–Kier alpha value is -3.24. The van der Waals surface area contributed by atoms with Crippen molar-refractivity contribution in [1.82, 2.24) is 4.90 Å². The molecule has 0 aliphatic carbocycles. The summed E-state index contributed by atoms with van der Waals surface area (Å²) in [6.07, 6.45) is -0.0448. The summed E-state index contributed by atoms with van der Waals surface area (Å²) in [4.78, 5) is 19.5. The van der Waals surface area contributed by atoms with Crippen LogP contribution in [0.1, 0.15) is 46.2 Å². The van der Waals surface area contributed by atoms with Crippen molar-refractivity contribution in [3.05, 3.63) is 107 Å². The Morgan fingerprint density at radius 3 is 2.17 bits per heavy atom. The van der Waals surface area contributed by atoms with Crippen molar-refractivity contribution in [2.75, 3.05) is 6.61 Å². The van der Waals surface area contributed by atoms with Gasteiger partial charge in [0.1, 0.15) is 6.17 Å². The van der Waals surface area contributed by atoms with Gasteiger partial charge in [0.2, 0.25) is 0 Å². The maximum atomic E-state index is 12.0. The molecule has 29 heavy (non-hydrogen) atoms. The number of carbonyl (C=O) groups excluding carboxylic acids is 1. The monoisotopic (exact) mass is 382 g/mol. The van der Waals surface area contributed by atoms with Crippen molar-refractivity contribution in [2.24, 2.45) is 4.99 Å². The first-order chi connectivity index (χ1) is 14.3. The van der Waals surface area contributed by atoms with Crippen molar-refractivity contribution in [1.29, 1.82) is 0 Å². The van der Waals surface area contributed by atoms with Crippen LogP contribution in [-0.4, -0.2) is 29.2 Å². The first-order valence-electron chi connectivity index (χ1n) is 10.0. The SMILES string of the molecule is CCOC(=O)c1ccc(C2N=C(c3ccccc3)C3C(c4ccccc4)N23)cc1. The summed E-state index contributed by atoms with van der Waals surface area (Å²) in [5.74, 6) is -0.286. The van der Waals surface area contributed by atoms with Crippen LogP contribution in [-0.2, 0) is 4.74 Å². The topological polar surface area (TPSA) is 41.7 Å². The molecule has 2 heterocycles. The molecule has 1 saturated heterocycles. The molecule has 5 rings (SSSR count). The van der Waals surface area contributed by atoms with Crippen molar-refractivity contribution in [3.8, 4) is 0 Å². The van der Waals surface area contributed by atoms with Crippen LogP contribution in [0.25, 0.3) is 0 Å². The zero-order chi connectivity index (χ0) is 19.8. The number of hydrogen-bond donors (Lipinski definition) is 0. The number of esters is 1. The number of ether oxygens (including phenoxy) is 1. The fraction of sp³-hybridized carbons (Fsp3) is 0.200. The number of hydrogen-bond acceptors (Lipinski definition) is 4. The number of benzene rings is 3. The molecule has 4 atom stereocenters. The Balaban J connectivity index is 1.49. The molecule has 4 heteroatoms. The molecule has 0 spiro atoms. The summed E-state index contributed by atoms with van der Waals surface area (Å²) in [7, 11) is 0. The van der Waals surface area contributed by atoms with Gasteiger partial charge in [-0.15, -0.1) is 0 Å². The minimum absolute atomic E-state index is 0.0448. The smallest absolute Gasteiger partial charge is 0.338 e. The predicted molar refractivity (Wildman–Crippen MR) is 113 cm³/mol. The van der Waals surface area contributed by atoms with E-state index in [9.17, 15) is 4.79 Å². The lowest BCUT2D eigenvalue weighted by Gasteiger charge is -2.15. The van der Waals surface area contributed by atoms with E-state index in [1.165, 1.54) is 11.1 Å². The van der Waals surface area contributed by atoms with E-state index < -0.39 is 0 Å². The molecule has 1 fully saturated rings. The molecule has 2 aliphatic rings. The Morgan fingerprint density at radius 1 is 0.862 bits per heavy atom. The van der Waals surface area contributed by atoms with Crippen molar-refractivity contribution < 1.29 is 9.53 Å². The summed E-state index contributed by atoms with van der Waals surface area (Å²) in [5.41, 5.74) is 5.29. The summed E-state index contributed by atoms with van der Waals surface area (Å²) in [6, 6.07) is 29.3. The molecule has 0 N–H and O–H groups in total. The third-order valence-corrected chi connectivity index (χ3v) is 5.61. The minimum Gasteiger partial charge on any atom is -0.462 e. The molecule has 2 aliphatic heterocycles. The lowest BCUT2D eigenvalue weighted by molar-refractivity contribution is 0.0526. The van der Waals surface area contributed by atoms with Gasteiger partial charge >= 0.3 is 5.97 Å². The third-order valence-electron chi connectivity index (χ3n) is 5.61. The van der Waals surface area contributed by atoms with Crippen LogP contribution in [0.5, 0.6) is 0 Å². The van der Waals surface area contributed by atoms with Gasteiger partial charge in [0.15, 0.2) is 0 Å². The zero-order valence-electron chi connectivity index (χ0n) is 16.2. The lowest BCUT2D eigenvalue weighted by Crippen LogP contribution is -2.08. The fourth-order valence-corrected chi connectivity index (χ4v) is 4.23. The van der Waals surface area contributed by atoms with Crippen LogP contribution in [0.4, 0.5) is 0 Å². The Kier molecular flexibility index (Phi) is 4.49. The Morgan fingerprint density at radius 2 is 1.52 bits per heavy atom. The lowest BCUT2D eigenvalue weighted by atomic mass is 10.0. The van der Waals surface area contributed by atoms with Crippen LogP contribution >= 0.6 is 0 Å². The molecule has 3 aromatic rings. The standard InChI is InChI=1S/C25H22N2O2/c1-2-29-25(28)20-15-13-19(14-16-20)24-26-21(17-9-5-3-6-10-17)23-22(27(23)24)18-11-7-4-8-12-18/h3-16,22-24H,2H2,1H3. The van der Waals surface area contributed by atoms with Crippen molar-refractivity contribution in [2.45, 2.75) is 25.2 Å². The molecule has 3 aromatic carbocycles. The van der Waals surface area contributed by atoms with E-state index in [0.717, 1.165) is 11.3 Å². The quantitative estimate of drug-likeness (QED) is 0.471. The maximum absolute atomic E-state index is 12.0. The van der Waals surface area contributed by atoms with E-state index in [0.29, 0.717) is 18.2 Å². The fourth-order valence-electron chi connectivity index (χ4n) is 4.23. The van der Waals surface area contributed by atoms with E-state index in [1.807, 2.05) is 37.3 Å². The first-order valence-corrected chi connectivity index (χ1v) is 10.0. The van der Waals surface area contributed by atoms with Gasteiger partial charge in [-0.3, -0.25) is 9.89 Å². The summed E-state index contributed by atoms with van der Waals surface area (Å²) < 4.78 is 5.10. The van der Waals surface area contributed by atoms with Crippen LogP contribution in [0, 0.1) is 0 Å². The minimum atomic E-state index is -0.286. The summed E-state index contributed by atoms with van der Waals surface area (Å²) in [5, 5.41) is 0. The number of carbonyl (C=O) groups is 1. The molecular weight excluding hydrogens is 360 g/mol. The molecular formula is C25H22N2O2. The van der Waals surface area contributed by atoms with Gasteiger partial charge in [0.25, 0.3) is 0 Å². The van der Waals surface area contributed by atoms with E-state index in [-0.39, 0.29) is 18.2 Å². The normalized spacial score (nSPS) is 24.5. The van der Waals surface area contributed by atoms with Gasteiger partial charge in [-0.05, 0) is 35.7 Å². The number of nitrogens with zero attached hydrogens (tertiary/aromatic N) is 2. The highest BCUT2D eigenvalue weighted by Crippen LogP contribution is 2.55. The van der Waals surface area contributed by atoms with Gasteiger partial charge < -0.3 is 4.74 Å². The molecule has 0 aromatic heterocycles. The van der Waals surface area contributed by atoms with Gasteiger partial charge in [-0.1, -0.05) is 72.8 Å². The Bertz CT molecular complexity index is 1050. The largest absolute Gasteiger partial charge is 0.462 e. The summed E-state index contributed by atoms with van der Waals surface area (Å²) in [6.45, 7) is 2.19. The van der Waals surface area contributed by atoms with Crippen LogP contribution < -0.4 is 0 Å². The predicted octanol–water partition coefficient (Wildman–Crippen LogP) is 4.79. The second-order valence-corrected chi connectivity index (χ2v) is 7.34. The highest BCUT2D eigenvalue weighted by atomic mass is 16.5. The average Bonchev–Trinajstić information content (AvgIpc) is 3.39. The average molecular weight is 382 g/mol. The van der Waals surface area contributed by atoms with Gasteiger partial charge in [0, 0.05) is 0 Å². The van der Waals surface area contributed by atoms with Crippen LogP contribution in [0.3, 0.4) is 0 Å². The second-order valence-electron chi connectivity index (χ2n) is 7.34. The van der Waals surface area contributed by atoms with E-state index in [4.69, 9.17) is 9.73 Å². The van der Waals surface area contributed by atoms with Crippen molar-refractivity contribution in [3.63, 3.8) is 0 Å². The van der Waals surface area contributed by atoms with Crippen molar-refractivity contribution >= 4 is 11.7 Å². The van der Waals surface area contributed by atoms with Gasteiger partial charge in [-0.25, -0.2) is 4.79 Å². The van der Waals surface area contributed by atoms with Gasteiger partial charge in [-0.2, -0.15) is 0 Å². The number of fused-ring (bicyclic) bond motifs is 1. The van der Waals surface area contributed by atoms with E-state index in [2.05, 4.69) is 59.5 Å². The highest BCUT2D eigenvalue weighted by Gasteiger charge is 2.59. The maximum Gasteiger partial charge on any atom is 0.338 e. The van der Waals surface area contributed by atoms with E-state index in [1.54, 1.807) is 0 Å². The molecule has 4 nitrogen and oxygen atoms in total. The molecule has 0 saturated carbocycles. The highest BCUT2D eigenvalue weighted by molar-refractivity contribution is 6.08. The Labute approximate surface area is 170 Å². The zero-order valence-corrected chi connectivity index (χ0v) is 16.2. The molecule has 0 bridgehead atoms. The van der Waals surface area contributed by atoms with Gasteiger partial charge in [0.05, 0.1) is 30.0 Å². The number of rotatable bonds is 5. The summed E-state index contributed by atoms with van der Waals surface area (Å²) >= 11 is 0. The molecule has 144 valence electrons. The van der Waals surface area contributed by atoms with Crippen LogP contribution in [0.15, 0.2) is 89.9 Å². The molecule has 4 unspecified atom stereocenters. The second kappa shape index (κ2) is 7.30. The van der Waals surface area contributed by atoms with Crippen LogP contribution in [0.2, 0.25) is 0 Å². The molecule has 0 radical (unpaired) electrons. The first kappa shape index (κ1) is 17.8. The van der Waals surface area contributed by atoms with E-state index >= 15 is 0 Å².